The second-order valence-electron chi connectivity index (χ2n) is 5.52. The van der Waals surface area contributed by atoms with Crippen LogP contribution in [-0.2, 0) is 3.79 Å². The summed E-state index contributed by atoms with van der Waals surface area (Å²) in [6.45, 7) is 4.64. The highest BCUT2D eigenvalue weighted by Crippen LogP contribution is 2.35. The minimum atomic E-state index is -1.67. The lowest BCUT2D eigenvalue weighted by Gasteiger charge is -2.09. The van der Waals surface area contributed by atoms with Crippen LogP contribution >= 0.6 is 34.8 Å². The molecule has 0 amide bonds. The Bertz CT molecular complexity index is 712. The number of aromatic nitrogens is 3. The van der Waals surface area contributed by atoms with Gasteiger partial charge in [0.05, 0.1) is 6.61 Å². The van der Waals surface area contributed by atoms with E-state index in [1.165, 1.54) is 12.8 Å². The zero-order valence-electron chi connectivity index (χ0n) is 14.2. The maximum Gasteiger partial charge on any atom is 0.250 e. The second kappa shape index (κ2) is 9.37. The van der Waals surface area contributed by atoms with Gasteiger partial charge in [-0.15, -0.1) is 0 Å². The Morgan fingerprint density at radius 3 is 2.36 bits per heavy atom. The molecule has 1 aromatic heterocycles. The molecule has 2 aromatic rings. The van der Waals surface area contributed by atoms with Crippen LogP contribution in [0.2, 0.25) is 0 Å². The topological polar surface area (TPSA) is 47.9 Å². The molecule has 0 bridgehead atoms. The minimum Gasteiger partial charge on any atom is -0.494 e. The minimum absolute atomic E-state index is 0.112. The molecule has 0 radical (unpaired) electrons. The Labute approximate surface area is 163 Å². The van der Waals surface area contributed by atoms with Gasteiger partial charge in [0, 0.05) is 0 Å². The van der Waals surface area contributed by atoms with Gasteiger partial charge in [0.25, 0.3) is 0 Å². The van der Waals surface area contributed by atoms with Gasteiger partial charge < -0.3 is 4.74 Å². The Morgan fingerprint density at radius 1 is 1.00 bits per heavy atom. The number of aryl methyl sites for hydroxylation is 1. The van der Waals surface area contributed by atoms with Crippen LogP contribution in [0.5, 0.6) is 5.75 Å². The third-order valence-corrected chi connectivity index (χ3v) is 3.85. The van der Waals surface area contributed by atoms with Crippen molar-refractivity contribution in [2.75, 3.05) is 6.61 Å². The van der Waals surface area contributed by atoms with E-state index in [9.17, 15) is 0 Å². The van der Waals surface area contributed by atoms with Crippen molar-refractivity contribution in [2.45, 2.75) is 36.9 Å². The van der Waals surface area contributed by atoms with Crippen LogP contribution in [0.1, 0.15) is 49.2 Å². The van der Waals surface area contributed by atoms with Gasteiger partial charge >= 0.3 is 0 Å². The van der Waals surface area contributed by atoms with E-state index in [-0.39, 0.29) is 5.82 Å². The van der Waals surface area contributed by atoms with Crippen LogP contribution in [0.4, 0.5) is 0 Å². The summed E-state index contributed by atoms with van der Waals surface area (Å²) in [6, 6.07) is 7.82. The fourth-order valence-corrected chi connectivity index (χ4v) is 2.35. The number of halogens is 3. The first-order chi connectivity index (χ1) is 11.9. The standard InChI is InChI=1S/C18H20Cl3N3O/c1-3-4-5-12-25-15-9-6-14(7-10-15)8-11-16-22-13(2)23-17(24-16)18(19,20)21/h6-11H,3-5,12H2,1-2H3. The number of rotatable bonds is 7. The van der Waals surface area contributed by atoms with Crippen LogP contribution in [0.15, 0.2) is 24.3 Å². The lowest BCUT2D eigenvalue weighted by atomic mass is 10.2. The van der Waals surface area contributed by atoms with Gasteiger partial charge in [-0.25, -0.2) is 15.0 Å². The molecule has 0 aliphatic carbocycles. The lowest BCUT2D eigenvalue weighted by Crippen LogP contribution is -2.11. The molecule has 134 valence electrons. The first-order valence-corrected chi connectivity index (χ1v) is 9.22. The molecule has 0 fully saturated rings. The Morgan fingerprint density at radius 2 is 1.72 bits per heavy atom. The number of hydrogen-bond donors (Lipinski definition) is 0. The van der Waals surface area contributed by atoms with Crippen molar-refractivity contribution in [1.82, 2.24) is 15.0 Å². The van der Waals surface area contributed by atoms with Gasteiger partial charge in [-0.2, -0.15) is 0 Å². The van der Waals surface area contributed by atoms with Crippen LogP contribution in [-0.4, -0.2) is 21.6 Å². The smallest absolute Gasteiger partial charge is 0.250 e. The molecule has 7 heteroatoms. The molecule has 1 aromatic carbocycles. The monoisotopic (exact) mass is 399 g/mol. The van der Waals surface area contributed by atoms with Crippen LogP contribution < -0.4 is 4.74 Å². The summed E-state index contributed by atoms with van der Waals surface area (Å²) in [5.41, 5.74) is 0.995. The molecule has 0 saturated carbocycles. The van der Waals surface area contributed by atoms with Gasteiger partial charge in [0.1, 0.15) is 11.6 Å². The Balaban J connectivity index is 2.03. The molecule has 0 atom stereocenters. The van der Waals surface area contributed by atoms with Crippen LogP contribution in [0, 0.1) is 6.92 Å². The maximum absolute atomic E-state index is 5.84. The average molecular weight is 401 g/mol. The van der Waals surface area contributed by atoms with E-state index >= 15 is 0 Å². The zero-order valence-corrected chi connectivity index (χ0v) is 16.4. The van der Waals surface area contributed by atoms with Crippen molar-refractivity contribution < 1.29 is 4.74 Å². The molecule has 0 aliphatic rings. The molecule has 25 heavy (non-hydrogen) atoms. The summed E-state index contributed by atoms with van der Waals surface area (Å²) >= 11 is 17.5. The molecule has 2 rings (SSSR count). The third kappa shape index (κ3) is 6.81. The SMILES string of the molecule is CCCCCOc1ccc(C=Cc2nc(C)nc(C(Cl)(Cl)Cl)n2)cc1. The number of ether oxygens (including phenoxy) is 1. The van der Waals surface area contributed by atoms with E-state index in [1.807, 2.05) is 30.3 Å². The highest BCUT2D eigenvalue weighted by molar-refractivity contribution is 6.66. The van der Waals surface area contributed by atoms with Crippen molar-refractivity contribution >= 4 is 47.0 Å². The highest BCUT2D eigenvalue weighted by atomic mass is 35.6. The summed E-state index contributed by atoms with van der Waals surface area (Å²) < 4.78 is 4.02. The predicted octanol–water partition coefficient (Wildman–Crippen LogP) is 5.75. The van der Waals surface area contributed by atoms with Crippen molar-refractivity contribution in [1.29, 1.82) is 0 Å². The van der Waals surface area contributed by atoms with E-state index in [4.69, 9.17) is 39.5 Å². The lowest BCUT2D eigenvalue weighted by molar-refractivity contribution is 0.306. The van der Waals surface area contributed by atoms with E-state index in [2.05, 4.69) is 21.9 Å². The number of benzene rings is 1. The number of nitrogens with zero attached hydrogens (tertiary/aromatic N) is 3. The molecule has 0 aliphatic heterocycles. The van der Waals surface area contributed by atoms with Crippen molar-refractivity contribution in [3.05, 3.63) is 47.3 Å². The van der Waals surface area contributed by atoms with Gasteiger partial charge in [-0.3, -0.25) is 0 Å². The number of hydrogen-bond acceptors (Lipinski definition) is 4. The van der Waals surface area contributed by atoms with Gasteiger partial charge in [-0.05, 0) is 37.1 Å². The van der Waals surface area contributed by atoms with E-state index in [0.29, 0.717) is 11.6 Å². The van der Waals surface area contributed by atoms with Gasteiger partial charge in [-0.1, -0.05) is 72.8 Å². The van der Waals surface area contributed by atoms with Crippen LogP contribution in [0.25, 0.3) is 12.2 Å². The Kier molecular flexibility index (Phi) is 7.48. The van der Waals surface area contributed by atoms with E-state index < -0.39 is 3.79 Å². The quantitative estimate of drug-likeness (QED) is 0.439. The first-order valence-electron chi connectivity index (χ1n) is 8.09. The summed E-state index contributed by atoms with van der Waals surface area (Å²) in [6.07, 6.45) is 7.08. The van der Waals surface area contributed by atoms with Gasteiger partial charge in [0.2, 0.25) is 3.79 Å². The first kappa shape index (κ1) is 20.0. The molecule has 0 N–H and O–H groups in total. The Hall–Kier alpha value is -1.36. The summed E-state index contributed by atoms with van der Waals surface area (Å²) in [4.78, 5) is 12.4. The molecule has 0 unspecified atom stereocenters. The van der Waals surface area contributed by atoms with E-state index in [0.717, 1.165) is 24.3 Å². The average Bonchev–Trinajstić information content (AvgIpc) is 2.57. The molecule has 1 heterocycles. The summed E-state index contributed by atoms with van der Waals surface area (Å²) in [5, 5.41) is 0. The largest absolute Gasteiger partial charge is 0.494 e. The second-order valence-corrected chi connectivity index (χ2v) is 7.80. The highest BCUT2D eigenvalue weighted by Gasteiger charge is 2.27. The van der Waals surface area contributed by atoms with Crippen LogP contribution in [0.3, 0.4) is 0 Å². The van der Waals surface area contributed by atoms with Gasteiger partial charge in [0.15, 0.2) is 11.6 Å². The third-order valence-electron chi connectivity index (χ3n) is 3.34. The normalized spacial score (nSPS) is 11.9. The number of unbranched alkanes of at least 4 members (excludes halogenated alkanes) is 2. The fourth-order valence-electron chi connectivity index (χ4n) is 2.09. The zero-order chi connectivity index (χ0) is 18.3. The molecule has 0 saturated heterocycles. The molecule has 4 nitrogen and oxygen atoms in total. The molecule has 0 spiro atoms. The predicted molar refractivity (Wildman–Crippen MR) is 104 cm³/mol. The maximum atomic E-state index is 5.84. The van der Waals surface area contributed by atoms with Crippen molar-refractivity contribution in [3.63, 3.8) is 0 Å². The van der Waals surface area contributed by atoms with Crippen molar-refractivity contribution in [2.24, 2.45) is 0 Å². The summed E-state index contributed by atoms with van der Waals surface area (Å²) in [5.74, 6) is 1.91. The fraction of sp³-hybridized carbons (Fsp3) is 0.389. The van der Waals surface area contributed by atoms with Crippen molar-refractivity contribution in [3.8, 4) is 5.75 Å². The molecular formula is C18H20Cl3N3O. The molecular weight excluding hydrogens is 381 g/mol. The number of alkyl halides is 3. The van der Waals surface area contributed by atoms with E-state index in [1.54, 1.807) is 13.0 Å². The summed E-state index contributed by atoms with van der Waals surface area (Å²) in [7, 11) is 0.